The summed E-state index contributed by atoms with van der Waals surface area (Å²) in [6, 6.07) is 14.4. The van der Waals surface area contributed by atoms with E-state index in [4.69, 9.17) is 14.1 Å². The van der Waals surface area contributed by atoms with Crippen LogP contribution in [0.3, 0.4) is 0 Å². The zero-order valence-corrected chi connectivity index (χ0v) is 17.8. The highest BCUT2D eigenvalue weighted by Crippen LogP contribution is 2.30. The molecule has 150 valence electrons. The van der Waals surface area contributed by atoms with E-state index >= 15 is 0 Å². The van der Waals surface area contributed by atoms with Gasteiger partial charge in [0, 0.05) is 28.9 Å². The van der Waals surface area contributed by atoms with E-state index < -0.39 is 0 Å². The first-order chi connectivity index (χ1) is 14.1. The summed E-state index contributed by atoms with van der Waals surface area (Å²) >= 11 is 1.62. The molecule has 0 spiro atoms. The summed E-state index contributed by atoms with van der Waals surface area (Å²) in [6.07, 6.45) is 2.66. The van der Waals surface area contributed by atoms with Gasteiger partial charge in [0.1, 0.15) is 11.5 Å². The maximum atomic E-state index is 5.37. The minimum absolute atomic E-state index is 0.640. The first-order valence-corrected chi connectivity index (χ1v) is 10.5. The van der Waals surface area contributed by atoms with Crippen LogP contribution in [0.5, 0.6) is 5.75 Å². The number of hydrogen-bond donors (Lipinski definition) is 1. The highest BCUT2D eigenvalue weighted by Gasteiger charge is 2.14. The second-order valence-corrected chi connectivity index (χ2v) is 7.86. The molecule has 3 aromatic heterocycles. The smallest absolute Gasteiger partial charge is 0.183 e. The number of rotatable bonds is 8. The van der Waals surface area contributed by atoms with Gasteiger partial charge >= 0.3 is 0 Å². The van der Waals surface area contributed by atoms with E-state index in [-0.39, 0.29) is 0 Å². The van der Waals surface area contributed by atoms with Crippen molar-refractivity contribution < 1.29 is 9.15 Å². The Balaban J connectivity index is 1.45. The second kappa shape index (κ2) is 8.57. The zero-order valence-electron chi connectivity index (χ0n) is 16.9. The van der Waals surface area contributed by atoms with Crippen molar-refractivity contribution in [1.82, 2.24) is 9.55 Å². The van der Waals surface area contributed by atoms with Crippen molar-refractivity contribution in [1.29, 1.82) is 0 Å². The van der Waals surface area contributed by atoms with Crippen LogP contribution < -0.4 is 10.1 Å². The van der Waals surface area contributed by atoms with Gasteiger partial charge in [0.2, 0.25) is 0 Å². The Bertz CT molecular complexity index is 1060. The number of nitrogens with zero attached hydrogens (tertiary/aromatic N) is 2. The zero-order chi connectivity index (χ0) is 20.2. The number of thiazole rings is 1. The predicted octanol–water partition coefficient (Wildman–Crippen LogP) is 5.68. The van der Waals surface area contributed by atoms with Gasteiger partial charge in [0.05, 0.1) is 25.6 Å². The quantitative estimate of drug-likeness (QED) is 0.408. The van der Waals surface area contributed by atoms with E-state index in [1.165, 1.54) is 22.5 Å². The van der Waals surface area contributed by atoms with Crippen molar-refractivity contribution in [2.75, 3.05) is 12.4 Å². The lowest BCUT2D eigenvalue weighted by molar-refractivity contribution is 0.414. The highest BCUT2D eigenvalue weighted by molar-refractivity contribution is 7.14. The summed E-state index contributed by atoms with van der Waals surface area (Å²) < 4.78 is 13.0. The molecule has 4 aromatic rings. The lowest BCUT2D eigenvalue weighted by Crippen LogP contribution is -2.05. The molecule has 0 radical (unpaired) electrons. The van der Waals surface area contributed by atoms with E-state index in [1.54, 1.807) is 24.7 Å². The Kier molecular flexibility index (Phi) is 5.71. The largest absolute Gasteiger partial charge is 0.497 e. The van der Waals surface area contributed by atoms with Gasteiger partial charge in [-0.2, -0.15) is 0 Å². The number of furan rings is 1. The molecule has 0 bridgehead atoms. The second-order valence-electron chi connectivity index (χ2n) is 7.01. The minimum atomic E-state index is 0.640. The van der Waals surface area contributed by atoms with Crippen molar-refractivity contribution in [3.63, 3.8) is 0 Å². The molecule has 1 aromatic carbocycles. The number of benzene rings is 1. The molecule has 3 heterocycles. The van der Waals surface area contributed by atoms with Crippen LogP contribution in [0.4, 0.5) is 5.13 Å². The van der Waals surface area contributed by atoms with E-state index in [0.717, 1.165) is 35.3 Å². The first-order valence-electron chi connectivity index (χ1n) is 9.66. The summed E-state index contributed by atoms with van der Waals surface area (Å²) in [4.78, 5) is 4.77. The molecule has 0 aliphatic heterocycles. The molecular formula is C23H25N3O2S. The van der Waals surface area contributed by atoms with Gasteiger partial charge in [-0.15, -0.1) is 11.3 Å². The third-order valence-corrected chi connectivity index (χ3v) is 5.93. The van der Waals surface area contributed by atoms with Crippen LogP contribution in [0.2, 0.25) is 0 Å². The monoisotopic (exact) mass is 407 g/mol. The molecule has 5 nitrogen and oxygen atoms in total. The summed E-state index contributed by atoms with van der Waals surface area (Å²) in [5.74, 6) is 1.79. The third-order valence-electron chi connectivity index (χ3n) is 5.13. The van der Waals surface area contributed by atoms with Crippen LogP contribution in [0.15, 0.2) is 58.5 Å². The van der Waals surface area contributed by atoms with Crippen LogP contribution in [0, 0.1) is 13.8 Å². The fourth-order valence-electron chi connectivity index (χ4n) is 3.49. The lowest BCUT2D eigenvalue weighted by Gasteiger charge is -2.10. The van der Waals surface area contributed by atoms with Gasteiger partial charge in [0.25, 0.3) is 0 Å². The molecule has 0 aliphatic rings. The number of hydrogen-bond acceptors (Lipinski definition) is 5. The van der Waals surface area contributed by atoms with Gasteiger partial charge in [0.15, 0.2) is 5.13 Å². The van der Waals surface area contributed by atoms with Crippen LogP contribution >= 0.6 is 11.3 Å². The van der Waals surface area contributed by atoms with Crippen molar-refractivity contribution in [2.45, 2.75) is 33.4 Å². The Morgan fingerprint density at radius 1 is 1.17 bits per heavy atom. The molecule has 0 unspecified atom stereocenters. The van der Waals surface area contributed by atoms with Gasteiger partial charge in [-0.1, -0.05) is 12.1 Å². The van der Waals surface area contributed by atoms with Crippen LogP contribution in [-0.4, -0.2) is 16.7 Å². The van der Waals surface area contributed by atoms with E-state index in [2.05, 4.69) is 47.3 Å². The summed E-state index contributed by atoms with van der Waals surface area (Å²) in [5, 5.41) is 6.34. The molecule has 0 atom stereocenters. The molecule has 0 amide bonds. The predicted molar refractivity (Wildman–Crippen MR) is 118 cm³/mol. The molecule has 0 saturated heterocycles. The Morgan fingerprint density at radius 3 is 2.72 bits per heavy atom. The lowest BCUT2D eigenvalue weighted by atomic mass is 10.1. The summed E-state index contributed by atoms with van der Waals surface area (Å²) in [7, 11) is 1.69. The SMILES string of the molecule is COc1ccc(CCn2c(C)cc(-c3csc(NCc4ccco4)n3)c2C)cc1. The minimum Gasteiger partial charge on any atom is -0.497 e. The maximum absolute atomic E-state index is 5.37. The molecule has 4 rings (SSSR count). The molecule has 6 heteroatoms. The van der Waals surface area contributed by atoms with Crippen molar-refractivity contribution in [2.24, 2.45) is 0 Å². The van der Waals surface area contributed by atoms with Gasteiger partial charge in [-0.25, -0.2) is 4.98 Å². The number of aromatic nitrogens is 2. The van der Waals surface area contributed by atoms with E-state index in [0.29, 0.717) is 6.54 Å². The van der Waals surface area contributed by atoms with E-state index in [9.17, 15) is 0 Å². The molecule has 0 fully saturated rings. The Morgan fingerprint density at radius 2 is 2.00 bits per heavy atom. The van der Waals surface area contributed by atoms with Gasteiger partial charge in [-0.05, 0) is 56.2 Å². The average molecular weight is 408 g/mol. The number of nitrogens with one attached hydrogen (secondary N) is 1. The topological polar surface area (TPSA) is 52.2 Å². The Hall–Kier alpha value is -2.99. The fraction of sp³-hybridized carbons (Fsp3) is 0.261. The first kappa shape index (κ1) is 19.3. The number of methoxy groups -OCH3 is 1. The number of aryl methyl sites for hydroxylation is 2. The molecule has 1 N–H and O–H groups in total. The van der Waals surface area contributed by atoms with Crippen molar-refractivity contribution >= 4 is 16.5 Å². The fourth-order valence-corrected chi connectivity index (χ4v) is 4.20. The highest BCUT2D eigenvalue weighted by atomic mass is 32.1. The van der Waals surface area contributed by atoms with Crippen LogP contribution in [0.1, 0.15) is 22.7 Å². The van der Waals surface area contributed by atoms with Crippen LogP contribution in [0.25, 0.3) is 11.3 Å². The van der Waals surface area contributed by atoms with Gasteiger partial charge < -0.3 is 19.0 Å². The van der Waals surface area contributed by atoms with Crippen molar-refractivity contribution in [3.8, 4) is 17.0 Å². The van der Waals surface area contributed by atoms with Crippen molar-refractivity contribution in [3.05, 3.63) is 76.8 Å². The molecule has 29 heavy (non-hydrogen) atoms. The maximum Gasteiger partial charge on any atom is 0.183 e. The standard InChI is InChI=1S/C23H25N3O2S/c1-16-13-21(22-15-29-23(25-22)24-14-20-5-4-12-28-20)17(2)26(16)11-10-18-6-8-19(27-3)9-7-18/h4-9,12-13,15H,10-11,14H2,1-3H3,(H,24,25). The number of anilines is 1. The molecule has 0 aliphatic carbocycles. The van der Waals surface area contributed by atoms with E-state index in [1.807, 2.05) is 24.3 Å². The molecular weight excluding hydrogens is 382 g/mol. The van der Waals surface area contributed by atoms with Crippen LogP contribution in [-0.2, 0) is 19.5 Å². The normalized spacial score (nSPS) is 11.0. The molecule has 0 saturated carbocycles. The Labute approximate surface area is 175 Å². The summed E-state index contributed by atoms with van der Waals surface area (Å²) in [6.45, 7) is 5.91. The van der Waals surface area contributed by atoms with Gasteiger partial charge in [-0.3, -0.25) is 0 Å². The number of ether oxygens (including phenoxy) is 1. The average Bonchev–Trinajstić information content (AvgIpc) is 3.47. The summed E-state index contributed by atoms with van der Waals surface area (Å²) in [5.41, 5.74) is 6.01. The third kappa shape index (κ3) is 4.38.